The van der Waals surface area contributed by atoms with Crippen LogP contribution in [0, 0.1) is 0 Å². The predicted molar refractivity (Wildman–Crippen MR) is 94.1 cm³/mol. The number of rotatable bonds is 7. The van der Waals surface area contributed by atoms with Crippen LogP contribution in [0.3, 0.4) is 0 Å². The van der Waals surface area contributed by atoms with Crippen LogP contribution in [-0.2, 0) is 4.79 Å². The van der Waals surface area contributed by atoms with E-state index in [2.05, 4.69) is 5.32 Å². The van der Waals surface area contributed by atoms with Crippen molar-refractivity contribution < 1.29 is 34.4 Å². The molecule has 146 valence electrons. The van der Waals surface area contributed by atoms with E-state index in [9.17, 15) is 29.7 Å². The Kier molecular flexibility index (Phi) is 6.11. The number of carbonyl (C=O) groups excluding carboxylic acids is 2. The second kappa shape index (κ2) is 7.97. The smallest absolute Gasteiger partial charge is 0.336 e. The average molecular weight is 379 g/mol. The standard InChI is InChI=1S/C18H21NO8/c1-9(21)19-15(17(25)18(2,26)13(22)8-20)16(24)11-4-3-10-5-6-14(23)27-12(10)7-11/h3-7,13,15,17,20,22,25-26H,8H2,1-2H3,(H,19,21)/t13-,15+,17-,18-/m1/s1. The zero-order valence-corrected chi connectivity index (χ0v) is 14.7. The minimum absolute atomic E-state index is 0.00365. The largest absolute Gasteiger partial charge is 0.423 e. The van der Waals surface area contributed by atoms with Crippen LogP contribution in [0.1, 0.15) is 24.2 Å². The van der Waals surface area contributed by atoms with Crippen LogP contribution in [0.2, 0.25) is 0 Å². The molecule has 9 nitrogen and oxygen atoms in total. The summed E-state index contributed by atoms with van der Waals surface area (Å²) in [7, 11) is 0. The third-order valence-corrected chi connectivity index (χ3v) is 4.31. The number of benzene rings is 1. The number of hydrogen-bond donors (Lipinski definition) is 5. The molecule has 1 amide bonds. The number of nitrogens with one attached hydrogen (secondary N) is 1. The molecule has 2 rings (SSSR count). The highest BCUT2D eigenvalue weighted by Gasteiger charge is 2.45. The normalized spacial score (nSPS) is 17.0. The summed E-state index contributed by atoms with van der Waals surface area (Å²) in [5.74, 6) is -1.44. The van der Waals surface area contributed by atoms with Crippen molar-refractivity contribution in [2.75, 3.05) is 6.61 Å². The van der Waals surface area contributed by atoms with E-state index < -0.39 is 47.8 Å². The first-order chi connectivity index (χ1) is 12.6. The molecule has 2 aromatic rings. The second-order valence-electron chi connectivity index (χ2n) is 6.42. The number of carbonyl (C=O) groups is 2. The Labute approximate surface area is 153 Å². The lowest BCUT2D eigenvalue weighted by Gasteiger charge is -2.36. The monoisotopic (exact) mass is 379 g/mol. The van der Waals surface area contributed by atoms with Gasteiger partial charge in [0, 0.05) is 23.9 Å². The van der Waals surface area contributed by atoms with Crippen molar-refractivity contribution in [3.8, 4) is 0 Å². The molecule has 0 aliphatic rings. The highest BCUT2D eigenvalue weighted by molar-refractivity contribution is 6.04. The lowest BCUT2D eigenvalue weighted by Crippen LogP contribution is -2.62. The molecule has 0 saturated carbocycles. The van der Waals surface area contributed by atoms with E-state index >= 15 is 0 Å². The molecule has 4 atom stereocenters. The molecule has 0 spiro atoms. The highest BCUT2D eigenvalue weighted by Crippen LogP contribution is 2.22. The topological polar surface area (TPSA) is 157 Å². The number of aliphatic hydroxyl groups excluding tert-OH is 3. The van der Waals surface area contributed by atoms with Crippen molar-refractivity contribution in [2.45, 2.75) is 37.7 Å². The Bertz CT molecular complexity index is 904. The molecule has 27 heavy (non-hydrogen) atoms. The first-order valence-corrected chi connectivity index (χ1v) is 8.12. The fourth-order valence-electron chi connectivity index (χ4n) is 2.62. The van der Waals surface area contributed by atoms with E-state index in [-0.39, 0.29) is 11.1 Å². The van der Waals surface area contributed by atoms with Gasteiger partial charge >= 0.3 is 5.63 Å². The maximum absolute atomic E-state index is 12.9. The van der Waals surface area contributed by atoms with Gasteiger partial charge < -0.3 is 30.2 Å². The average Bonchev–Trinajstić information content (AvgIpc) is 2.63. The summed E-state index contributed by atoms with van der Waals surface area (Å²) in [5.41, 5.74) is -2.77. The minimum Gasteiger partial charge on any atom is -0.423 e. The van der Waals surface area contributed by atoms with Gasteiger partial charge in [0.05, 0.1) is 6.61 Å². The van der Waals surface area contributed by atoms with Crippen LogP contribution >= 0.6 is 0 Å². The zero-order valence-electron chi connectivity index (χ0n) is 14.7. The molecule has 0 unspecified atom stereocenters. The van der Waals surface area contributed by atoms with Crippen LogP contribution in [0.25, 0.3) is 11.0 Å². The number of ketones is 1. The van der Waals surface area contributed by atoms with E-state index in [1.54, 1.807) is 0 Å². The fraction of sp³-hybridized carbons (Fsp3) is 0.389. The van der Waals surface area contributed by atoms with Gasteiger partial charge in [-0.3, -0.25) is 9.59 Å². The van der Waals surface area contributed by atoms with Gasteiger partial charge in [-0.2, -0.15) is 0 Å². The quantitative estimate of drug-likeness (QED) is 0.301. The van der Waals surface area contributed by atoms with E-state index in [1.165, 1.54) is 30.3 Å². The van der Waals surface area contributed by atoms with Crippen molar-refractivity contribution >= 4 is 22.7 Å². The summed E-state index contributed by atoms with van der Waals surface area (Å²) in [5, 5.41) is 42.3. The Balaban J connectivity index is 2.45. The zero-order chi connectivity index (χ0) is 20.4. The van der Waals surface area contributed by atoms with Gasteiger partial charge in [-0.05, 0) is 19.1 Å². The van der Waals surface area contributed by atoms with Gasteiger partial charge in [0.15, 0.2) is 5.78 Å². The van der Waals surface area contributed by atoms with Gasteiger partial charge in [-0.15, -0.1) is 0 Å². The maximum atomic E-state index is 12.9. The van der Waals surface area contributed by atoms with Gasteiger partial charge in [-0.25, -0.2) is 4.79 Å². The maximum Gasteiger partial charge on any atom is 0.336 e. The lowest BCUT2D eigenvalue weighted by molar-refractivity contribution is -0.153. The minimum atomic E-state index is -2.29. The first kappa shape index (κ1) is 20.7. The van der Waals surface area contributed by atoms with E-state index in [1.807, 2.05) is 0 Å². The van der Waals surface area contributed by atoms with E-state index in [0.29, 0.717) is 5.39 Å². The molecule has 1 aromatic heterocycles. The number of amides is 1. The number of aliphatic hydroxyl groups is 4. The summed E-state index contributed by atoms with van der Waals surface area (Å²) in [6.07, 6.45) is -3.69. The number of Topliss-reactive ketones (excluding diaryl/α,β-unsaturated/α-hetero) is 1. The van der Waals surface area contributed by atoms with Gasteiger partial charge in [0.2, 0.25) is 5.91 Å². The molecule has 1 aromatic carbocycles. The summed E-state index contributed by atoms with van der Waals surface area (Å²) in [6, 6.07) is 5.32. The molecule has 1 heterocycles. The molecule has 0 radical (unpaired) electrons. The predicted octanol–water partition coefficient (Wildman–Crippen LogP) is -1.05. The molecule has 0 fully saturated rings. The molecule has 0 saturated heterocycles. The Hall–Kier alpha value is -2.59. The van der Waals surface area contributed by atoms with Crippen molar-refractivity contribution in [3.63, 3.8) is 0 Å². The van der Waals surface area contributed by atoms with Crippen LogP contribution < -0.4 is 10.9 Å². The number of fused-ring (bicyclic) bond motifs is 1. The van der Waals surface area contributed by atoms with E-state index in [0.717, 1.165) is 13.8 Å². The van der Waals surface area contributed by atoms with Crippen molar-refractivity contribution in [1.82, 2.24) is 5.32 Å². The van der Waals surface area contributed by atoms with Gasteiger partial charge in [0.25, 0.3) is 0 Å². The van der Waals surface area contributed by atoms with Crippen LogP contribution in [0.15, 0.2) is 39.5 Å². The fourth-order valence-corrected chi connectivity index (χ4v) is 2.62. The van der Waals surface area contributed by atoms with Crippen molar-refractivity contribution in [2.24, 2.45) is 0 Å². The molecule has 9 heteroatoms. The lowest BCUT2D eigenvalue weighted by atomic mass is 9.84. The number of hydrogen-bond acceptors (Lipinski definition) is 8. The van der Waals surface area contributed by atoms with Gasteiger partial charge in [-0.1, -0.05) is 12.1 Å². The molecule has 0 aliphatic heterocycles. The molecule has 0 bridgehead atoms. The molecular weight excluding hydrogens is 358 g/mol. The van der Waals surface area contributed by atoms with Crippen LogP contribution in [0.4, 0.5) is 0 Å². The molecule has 5 N–H and O–H groups in total. The van der Waals surface area contributed by atoms with Gasteiger partial charge in [0.1, 0.15) is 29.4 Å². The second-order valence-corrected chi connectivity index (χ2v) is 6.42. The first-order valence-electron chi connectivity index (χ1n) is 8.12. The molecular formula is C18H21NO8. The third kappa shape index (κ3) is 4.40. The summed E-state index contributed by atoms with van der Waals surface area (Å²) in [4.78, 5) is 35.7. The van der Waals surface area contributed by atoms with Crippen molar-refractivity contribution in [3.05, 3.63) is 46.3 Å². The van der Waals surface area contributed by atoms with E-state index in [4.69, 9.17) is 9.52 Å². The van der Waals surface area contributed by atoms with Crippen molar-refractivity contribution in [1.29, 1.82) is 0 Å². The Morgan fingerprint density at radius 3 is 2.44 bits per heavy atom. The SMILES string of the molecule is CC(=O)N[C@@H](C(=O)c1ccc2ccc(=O)oc2c1)[C@@H](O)[C@](C)(O)[C@H](O)CO. The summed E-state index contributed by atoms with van der Waals surface area (Å²) in [6.45, 7) is 1.27. The summed E-state index contributed by atoms with van der Waals surface area (Å²) >= 11 is 0. The summed E-state index contributed by atoms with van der Waals surface area (Å²) < 4.78 is 5.02. The Morgan fingerprint density at radius 2 is 1.85 bits per heavy atom. The third-order valence-electron chi connectivity index (χ3n) is 4.31. The Morgan fingerprint density at radius 1 is 1.22 bits per heavy atom. The van der Waals surface area contributed by atoms with Crippen LogP contribution in [0.5, 0.6) is 0 Å². The van der Waals surface area contributed by atoms with Crippen LogP contribution in [-0.4, -0.2) is 62.6 Å². The highest BCUT2D eigenvalue weighted by atomic mass is 16.4. The molecule has 0 aliphatic carbocycles.